The number of rotatable bonds is 5. The van der Waals surface area contributed by atoms with E-state index in [2.05, 4.69) is 9.71 Å². The van der Waals surface area contributed by atoms with E-state index < -0.39 is 27.6 Å². The first kappa shape index (κ1) is 18.1. The van der Waals surface area contributed by atoms with Gasteiger partial charge in [0.15, 0.2) is 4.21 Å². The van der Waals surface area contributed by atoms with Crippen molar-refractivity contribution in [2.24, 2.45) is 5.92 Å². The molecule has 8 heteroatoms. The van der Waals surface area contributed by atoms with Crippen LogP contribution < -0.4 is 4.72 Å². The highest BCUT2D eigenvalue weighted by Crippen LogP contribution is 2.20. The fourth-order valence-electron chi connectivity index (χ4n) is 1.51. The number of esters is 1. The van der Waals surface area contributed by atoms with Crippen LogP contribution in [0.4, 0.5) is 0 Å². The Hall–Kier alpha value is -0.990. The molecule has 0 aliphatic carbocycles. The summed E-state index contributed by atoms with van der Waals surface area (Å²) in [6.45, 7) is 10.5. The van der Waals surface area contributed by atoms with E-state index in [1.807, 2.05) is 0 Å². The lowest BCUT2D eigenvalue weighted by Crippen LogP contribution is -2.47. The summed E-state index contributed by atoms with van der Waals surface area (Å²) in [5.41, 5.74) is -0.670. The molecule has 6 nitrogen and oxygen atoms in total. The van der Waals surface area contributed by atoms with Crippen molar-refractivity contribution in [3.63, 3.8) is 0 Å². The largest absolute Gasteiger partial charge is 0.459 e. The van der Waals surface area contributed by atoms with Crippen molar-refractivity contribution < 1.29 is 17.9 Å². The van der Waals surface area contributed by atoms with Gasteiger partial charge in [0.2, 0.25) is 0 Å². The van der Waals surface area contributed by atoms with Crippen molar-refractivity contribution in [2.75, 3.05) is 0 Å². The Morgan fingerprint density at radius 3 is 2.33 bits per heavy atom. The Morgan fingerprint density at radius 2 is 1.95 bits per heavy atom. The molecule has 0 radical (unpaired) electrons. The molecule has 0 spiro atoms. The number of carbonyl (C=O) groups excluding carboxylic acids is 1. The maximum Gasteiger partial charge on any atom is 0.324 e. The molecule has 1 atom stereocenters. The molecule has 1 heterocycles. The molecule has 120 valence electrons. The number of thiazole rings is 1. The summed E-state index contributed by atoms with van der Waals surface area (Å²) in [4.78, 5) is 16.1. The standard InChI is InChI=1S/C13H22N2O4S2/c1-8(2)11(12(16)19-13(4,5)6)15-21(17,18)10-7-14-9(3)20-10/h7-8,11,15H,1-6H3/t11-/m0/s1. The Labute approximate surface area is 130 Å². The molecular formula is C13H22N2O4S2. The smallest absolute Gasteiger partial charge is 0.324 e. The van der Waals surface area contributed by atoms with Gasteiger partial charge in [-0.2, -0.15) is 4.72 Å². The minimum absolute atomic E-state index is 0.0919. The van der Waals surface area contributed by atoms with E-state index in [1.54, 1.807) is 41.5 Å². The molecule has 0 amide bonds. The molecule has 0 aromatic carbocycles. The van der Waals surface area contributed by atoms with Crippen molar-refractivity contribution in [1.29, 1.82) is 0 Å². The first-order valence-corrected chi connectivity index (χ1v) is 8.90. The molecule has 0 bridgehead atoms. The van der Waals surface area contributed by atoms with E-state index in [0.717, 1.165) is 11.3 Å². The number of nitrogens with one attached hydrogen (secondary N) is 1. The summed E-state index contributed by atoms with van der Waals surface area (Å²) in [6.07, 6.45) is 1.29. The number of sulfonamides is 1. The first-order chi connectivity index (χ1) is 9.42. The minimum atomic E-state index is -3.78. The van der Waals surface area contributed by atoms with E-state index >= 15 is 0 Å². The van der Waals surface area contributed by atoms with Gasteiger partial charge >= 0.3 is 5.97 Å². The number of aryl methyl sites for hydroxylation is 1. The maximum atomic E-state index is 12.3. The van der Waals surface area contributed by atoms with Crippen LogP contribution in [0.15, 0.2) is 10.4 Å². The molecule has 0 fully saturated rings. The van der Waals surface area contributed by atoms with Crippen molar-refractivity contribution in [2.45, 2.75) is 57.4 Å². The van der Waals surface area contributed by atoms with Crippen molar-refractivity contribution >= 4 is 27.3 Å². The molecule has 0 saturated carbocycles. The Morgan fingerprint density at radius 1 is 1.38 bits per heavy atom. The summed E-state index contributed by atoms with van der Waals surface area (Å²) in [5, 5.41) is 0.647. The third-order valence-electron chi connectivity index (χ3n) is 2.47. The first-order valence-electron chi connectivity index (χ1n) is 6.60. The summed E-state index contributed by atoms with van der Waals surface area (Å²) >= 11 is 1.06. The topological polar surface area (TPSA) is 85.4 Å². The number of ether oxygens (including phenoxy) is 1. The van der Waals surface area contributed by atoms with Gasteiger partial charge in [0.25, 0.3) is 10.0 Å². The molecule has 0 saturated heterocycles. The maximum absolute atomic E-state index is 12.3. The normalized spacial score (nSPS) is 14.2. The van der Waals surface area contributed by atoms with Crippen LogP contribution in [-0.4, -0.2) is 31.0 Å². The molecule has 1 aromatic heterocycles. The third-order valence-corrected chi connectivity index (χ3v) is 5.29. The van der Waals surface area contributed by atoms with Crippen molar-refractivity contribution in [3.05, 3.63) is 11.2 Å². The Bertz CT molecular complexity index is 600. The highest BCUT2D eigenvalue weighted by atomic mass is 32.2. The van der Waals surface area contributed by atoms with Crippen LogP contribution in [0, 0.1) is 12.8 Å². The van der Waals surface area contributed by atoms with Crippen LogP contribution in [0.5, 0.6) is 0 Å². The quantitative estimate of drug-likeness (QED) is 0.834. The second kappa shape index (κ2) is 6.41. The zero-order valence-electron chi connectivity index (χ0n) is 13.1. The zero-order chi connectivity index (χ0) is 16.4. The van der Waals surface area contributed by atoms with Crippen molar-refractivity contribution in [1.82, 2.24) is 9.71 Å². The Kier molecular flexibility index (Phi) is 5.51. The van der Waals surface area contributed by atoms with Gasteiger partial charge in [-0.05, 0) is 33.6 Å². The fourth-order valence-corrected chi connectivity index (χ4v) is 3.97. The minimum Gasteiger partial charge on any atom is -0.459 e. The van der Waals surface area contributed by atoms with E-state index in [4.69, 9.17) is 4.74 Å². The van der Waals surface area contributed by atoms with Gasteiger partial charge in [-0.25, -0.2) is 13.4 Å². The SMILES string of the molecule is Cc1ncc(S(=O)(=O)N[C@H](C(=O)OC(C)(C)C)C(C)C)s1. The average molecular weight is 334 g/mol. The molecule has 1 rings (SSSR count). The van der Waals surface area contributed by atoms with Gasteiger partial charge in [-0.1, -0.05) is 13.8 Å². The third kappa shape index (κ3) is 5.37. The van der Waals surface area contributed by atoms with Gasteiger partial charge in [0, 0.05) is 0 Å². The van der Waals surface area contributed by atoms with Gasteiger partial charge in [-0.3, -0.25) is 4.79 Å². The van der Waals surface area contributed by atoms with E-state index in [-0.39, 0.29) is 10.1 Å². The van der Waals surface area contributed by atoms with E-state index in [1.165, 1.54) is 6.20 Å². The molecule has 1 aromatic rings. The lowest BCUT2D eigenvalue weighted by Gasteiger charge is -2.26. The van der Waals surface area contributed by atoms with E-state index in [9.17, 15) is 13.2 Å². The molecule has 0 aliphatic rings. The van der Waals surface area contributed by atoms with Crippen LogP contribution >= 0.6 is 11.3 Å². The van der Waals surface area contributed by atoms with Crippen LogP contribution in [0.2, 0.25) is 0 Å². The summed E-state index contributed by atoms with van der Waals surface area (Å²) in [6, 6.07) is -0.934. The summed E-state index contributed by atoms with van der Waals surface area (Å²) in [5.74, 6) is -0.814. The Balaban J connectivity index is 2.96. The predicted octanol–water partition coefficient (Wildman–Crippen LogP) is 2.10. The lowest BCUT2D eigenvalue weighted by molar-refractivity contribution is -0.158. The van der Waals surface area contributed by atoms with Gasteiger partial charge < -0.3 is 4.74 Å². The van der Waals surface area contributed by atoms with Gasteiger partial charge in [-0.15, -0.1) is 11.3 Å². The highest BCUT2D eigenvalue weighted by molar-refractivity contribution is 7.91. The predicted molar refractivity (Wildman–Crippen MR) is 81.6 cm³/mol. The second-order valence-corrected chi connectivity index (χ2v) is 9.25. The summed E-state index contributed by atoms with van der Waals surface area (Å²) < 4.78 is 32.3. The molecule has 0 unspecified atom stereocenters. The van der Waals surface area contributed by atoms with E-state index in [0.29, 0.717) is 5.01 Å². The second-order valence-electron chi connectivity index (χ2n) is 6.07. The molecule has 21 heavy (non-hydrogen) atoms. The highest BCUT2D eigenvalue weighted by Gasteiger charge is 2.32. The van der Waals surface area contributed by atoms with Crippen LogP contribution in [-0.2, 0) is 19.6 Å². The van der Waals surface area contributed by atoms with Gasteiger partial charge in [0.05, 0.1) is 11.2 Å². The van der Waals surface area contributed by atoms with Crippen LogP contribution in [0.3, 0.4) is 0 Å². The molecule has 1 N–H and O–H groups in total. The number of hydrogen-bond acceptors (Lipinski definition) is 6. The van der Waals surface area contributed by atoms with Crippen LogP contribution in [0.25, 0.3) is 0 Å². The average Bonchev–Trinajstić information content (AvgIpc) is 2.70. The van der Waals surface area contributed by atoms with Crippen molar-refractivity contribution in [3.8, 4) is 0 Å². The number of hydrogen-bond donors (Lipinski definition) is 1. The monoisotopic (exact) mass is 334 g/mol. The molecule has 0 aliphatic heterocycles. The number of nitrogens with zero attached hydrogens (tertiary/aromatic N) is 1. The zero-order valence-corrected chi connectivity index (χ0v) is 14.8. The van der Waals surface area contributed by atoms with Gasteiger partial charge in [0.1, 0.15) is 11.6 Å². The lowest BCUT2D eigenvalue weighted by atomic mass is 10.1. The molecular weight excluding hydrogens is 312 g/mol. The number of carbonyl (C=O) groups is 1. The van der Waals surface area contributed by atoms with Crippen LogP contribution in [0.1, 0.15) is 39.6 Å². The fraction of sp³-hybridized carbons (Fsp3) is 0.692. The number of aromatic nitrogens is 1. The summed E-state index contributed by atoms with van der Waals surface area (Å²) in [7, 11) is -3.78.